The number of aromatic nitrogens is 1. The molecule has 2 aromatic rings. The van der Waals surface area contributed by atoms with E-state index in [0.717, 1.165) is 29.7 Å². The van der Waals surface area contributed by atoms with Crippen molar-refractivity contribution in [2.24, 2.45) is 0 Å². The lowest BCUT2D eigenvalue weighted by Gasteiger charge is -2.15. The van der Waals surface area contributed by atoms with Crippen LogP contribution in [0.25, 0.3) is 0 Å². The third kappa shape index (κ3) is 4.69. The molecule has 0 radical (unpaired) electrons. The van der Waals surface area contributed by atoms with Gasteiger partial charge < -0.3 is 16.0 Å². The van der Waals surface area contributed by atoms with E-state index < -0.39 is 0 Å². The molecule has 3 N–H and O–H groups in total. The molecule has 0 spiro atoms. The zero-order valence-electron chi connectivity index (χ0n) is 13.6. The summed E-state index contributed by atoms with van der Waals surface area (Å²) in [6.07, 6.45) is 5.55. The van der Waals surface area contributed by atoms with Gasteiger partial charge in [0.25, 0.3) is 0 Å². The molecule has 24 heavy (non-hydrogen) atoms. The summed E-state index contributed by atoms with van der Waals surface area (Å²) in [4.78, 5) is 15.7. The van der Waals surface area contributed by atoms with Crippen LogP contribution in [0.5, 0.6) is 0 Å². The second kappa shape index (κ2) is 7.64. The SMILES string of the molecule is CC(NCc1ccncc1Cl)c1ccc(NC(=O)NC2CC2)cc1. The van der Waals surface area contributed by atoms with Gasteiger partial charge in [0.05, 0.1) is 5.02 Å². The van der Waals surface area contributed by atoms with Crippen molar-refractivity contribution in [3.8, 4) is 0 Å². The molecule has 1 heterocycles. The second-order valence-electron chi connectivity index (χ2n) is 6.06. The van der Waals surface area contributed by atoms with Crippen LogP contribution in [0.1, 0.15) is 36.9 Å². The molecule has 1 saturated carbocycles. The Morgan fingerprint density at radius 2 is 2.04 bits per heavy atom. The van der Waals surface area contributed by atoms with Crippen LogP contribution in [-0.2, 0) is 6.54 Å². The lowest BCUT2D eigenvalue weighted by Crippen LogP contribution is -2.30. The number of hydrogen-bond acceptors (Lipinski definition) is 3. The number of nitrogens with one attached hydrogen (secondary N) is 3. The quantitative estimate of drug-likeness (QED) is 0.745. The van der Waals surface area contributed by atoms with Crippen LogP contribution in [-0.4, -0.2) is 17.1 Å². The minimum Gasteiger partial charge on any atom is -0.335 e. The van der Waals surface area contributed by atoms with Crippen LogP contribution in [0.3, 0.4) is 0 Å². The van der Waals surface area contributed by atoms with E-state index in [1.54, 1.807) is 12.4 Å². The highest BCUT2D eigenvalue weighted by Crippen LogP contribution is 2.20. The number of nitrogens with zero attached hydrogens (tertiary/aromatic N) is 1. The highest BCUT2D eigenvalue weighted by molar-refractivity contribution is 6.31. The van der Waals surface area contributed by atoms with E-state index >= 15 is 0 Å². The van der Waals surface area contributed by atoms with E-state index in [-0.39, 0.29) is 12.1 Å². The van der Waals surface area contributed by atoms with Gasteiger partial charge in [0, 0.05) is 36.7 Å². The maximum Gasteiger partial charge on any atom is 0.319 e. The molecule has 1 aromatic carbocycles. The summed E-state index contributed by atoms with van der Waals surface area (Å²) >= 11 is 6.11. The minimum absolute atomic E-state index is 0.135. The van der Waals surface area contributed by atoms with Gasteiger partial charge in [-0.3, -0.25) is 4.98 Å². The molecular formula is C18H21ClN4O. The molecule has 1 unspecified atom stereocenters. The van der Waals surface area contributed by atoms with E-state index in [1.807, 2.05) is 30.3 Å². The fraction of sp³-hybridized carbons (Fsp3) is 0.333. The fourth-order valence-corrected chi connectivity index (χ4v) is 2.55. The standard InChI is InChI=1S/C18H21ClN4O/c1-12(21-10-14-8-9-20-11-17(14)19)13-2-4-15(5-3-13)22-18(24)23-16-6-7-16/h2-5,8-9,11-12,16,21H,6-7,10H2,1H3,(H2,22,23,24). The van der Waals surface area contributed by atoms with E-state index in [2.05, 4.69) is 27.9 Å². The third-order valence-electron chi connectivity index (χ3n) is 4.04. The molecule has 0 saturated heterocycles. The summed E-state index contributed by atoms with van der Waals surface area (Å²) < 4.78 is 0. The molecule has 1 atom stereocenters. The predicted molar refractivity (Wildman–Crippen MR) is 96.1 cm³/mol. The number of urea groups is 1. The highest BCUT2D eigenvalue weighted by atomic mass is 35.5. The van der Waals surface area contributed by atoms with Crippen molar-refractivity contribution in [1.82, 2.24) is 15.6 Å². The van der Waals surface area contributed by atoms with Gasteiger partial charge in [-0.1, -0.05) is 23.7 Å². The van der Waals surface area contributed by atoms with Crippen LogP contribution in [0.2, 0.25) is 5.02 Å². The third-order valence-corrected chi connectivity index (χ3v) is 4.38. The smallest absolute Gasteiger partial charge is 0.319 e. The van der Waals surface area contributed by atoms with Crippen molar-refractivity contribution in [3.05, 3.63) is 58.9 Å². The molecule has 1 fully saturated rings. The van der Waals surface area contributed by atoms with E-state index in [1.165, 1.54) is 0 Å². The van der Waals surface area contributed by atoms with Gasteiger partial charge in [-0.25, -0.2) is 4.79 Å². The number of hydrogen-bond donors (Lipinski definition) is 3. The number of rotatable bonds is 6. The number of anilines is 1. The molecule has 1 aliphatic rings. The summed E-state index contributed by atoms with van der Waals surface area (Å²) in [5.41, 5.74) is 2.96. The number of pyridine rings is 1. The normalized spacial score (nSPS) is 14.9. The van der Waals surface area contributed by atoms with Gasteiger partial charge in [-0.15, -0.1) is 0 Å². The lowest BCUT2D eigenvalue weighted by atomic mass is 10.1. The maximum absolute atomic E-state index is 11.7. The van der Waals surface area contributed by atoms with Crippen LogP contribution < -0.4 is 16.0 Å². The summed E-state index contributed by atoms with van der Waals surface area (Å²) in [5, 5.41) is 9.86. The van der Waals surface area contributed by atoms with Gasteiger partial charge in [0.2, 0.25) is 0 Å². The van der Waals surface area contributed by atoms with Crippen molar-refractivity contribution >= 4 is 23.3 Å². The molecule has 0 aliphatic heterocycles. The minimum atomic E-state index is -0.135. The number of halogens is 1. The first kappa shape index (κ1) is 16.7. The van der Waals surface area contributed by atoms with Crippen molar-refractivity contribution in [2.45, 2.75) is 38.4 Å². The fourth-order valence-electron chi connectivity index (χ4n) is 2.36. The molecule has 2 amide bonds. The van der Waals surface area contributed by atoms with Crippen molar-refractivity contribution in [2.75, 3.05) is 5.32 Å². The van der Waals surface area contributed by atoms with E-state index in [4.69, 9.17) is 11.6 Å². The number of carbonyl (C=O) groups excluding carboxylic acids is 1. The molecule has 126 valence electrons. The molecule has 5 nitrogen and oxygen atoms in total. The highest BCUT2D eigenvalue weighted by Gasteiger charge is 2.23. The van der Waals surface area contributed by atoms with Gasteiger partial charge in [0.15, 0.2) is 0 Å². The Morgan fingerprint density at radius 3 is 2.71 bits per heavy atom. The van der Waals surface area contributed by atoms with Crippen LogP contribution >= 0.6 is 11.6 Å². The summed E-state index contributed by atoms with van der Waals surface area (Å²) in [7, 11) is 0. The first-order valence-electron chi connectivity index (χ1n) is 8.11. The van der Waals surface area contributed by atoms with Crippen molar-refractivity contribution < 1.29 is 4.79 Å². The van der Waals surface area contributed by atoms with Gasteiger partial charge in [-0.2, -0.15) is 0 Å². The molecule has 1 aromatic heterocycles. The summed E-state index contributed by atoms with van der Waals surface area (Å²) in [6, 6.07) is 10.2. The van der Waals surface area contributed by atoms with Gasteiger partial charge in [-0.05, 0) is 49.1 Å². The average molecular weight is 345 g/mol. The Morgan fingerprint density at radius 1 is 1.29 bits per heavy atom. The van der Waals surface area contributed by atoms with Crippen molar-refractivity contribution in [3.63, 3.8) is 0 Å². The topological polar surface area (TPSA) is 66.0 Å². The zero-order chi connectivity index (χ0) is 16.9. The van der Waals surface area contributed by atoms with Gasteiger partial charge in [0.1, 0.15) is 0 Å². The molecule has 6 heteroatoms. The Labute approximate surface area is 146 Å². The summed E-state index contributed by atoms with van der Waals surface area (Å²) in [6.45, 7) is 2.77. The van der Waals surface area contributed by atoms with Gasteiger partial charge >= 0.3 is 6.03 Å². The Kier molecular flexibility index (Phi) is 5.33. The zero-order valence-corrected chi connectivity index (χ0v) is 14.3. The van der Waals surface area contributed by atoms with Crippen molar-refractivity contribution in [1.29, 1.82) is 0 Å². The van der Waals surface area contributed by atoms with Crippen LogP contribution in [0.4, 0.5) is 10.5 Å². The monoisotopic (exact) mass is 344 g/mol. The largest absolute Gasteiger partial charge is 0.335 e. The number of benzene rings is 1. The maximum atomic E-state index is 11.7. The molecule has 3 rings (SSSR count). The predicted octanol–water partition coefficient (Wildman–Crippen LogP) is 3.87. The Balaban J connectivity index is 1.52. The second-order valence-corrected chi connectivity index (χ2v) is 6.47. The molecule has 0 bridgehead atoms. The van der Waals surface area contributed by atoms with Crippen LogP contribution in [0.15, 0.2) is 42.7 Å². The number of carbonyl (C=O) groups is 1. The number of amides is 2. The first-order chi connectivity index (χ1) is 11.6. The van der Waals surface area contributed by atoms with Crippen LogP contribution in [0, 0.1) is 0 Å². The summed E-state index contributed by atoms with van der Waals surface area (Å²) in [5.74, 6) is 0. The lowest BCUT2D eigenvalue weighted by molar-refractivity contribution is 0.251. The van der Waals surface area contributed by atoms with E-state index in [0.29, 0.717) is 17.6 Å². The van der Waals surface area contributed by atoms with E-state index in [9.17, 15) is 4.79 Å². The first-order valence-corrected chi connectivity index (χ1v) is 8.49. The molecular weight excluding hydrogens is 324 g/mol. The average Bonchev–Trinajstić information content (AvgIpc) is 3.38. The Bertz CT molecular complexity index is 700. The molecule has 1 aliphatic carbocycles. The Hall–Kier alpha value is -2.11.